The van der Waals surface area contributed by atoms with Crippen LogP contribution in [0.4, 0.5) is 0 Å². The van der Waals surface area contributed by atoms with Crippen molar-refractivity contribution in [2.75, 3.05) is 0 Å². The summed E-state index contributed by atoms with van der Waals surface area (Å²) in [7, 11) is 0. The second kappa shape index (κ2) is 11.1. The number of nitrogens with zero attached hydrogens (tertiary/aromatic N) is 2. The molecule has 0 radical (unpaired) electrons. The summed E-state index contributed by atoms with van der Waals surface area (Å²) < 4.78 is 6.67. The first-order valence-electron chi connectivity index (χ1n) is 17.5. The highest BCUT2D eigenvalue weighted by atomic mass is 16.3. The zero-order valence-corrected chi connectivity index (χ0v) is 27.2. The maximum absolute atomic E-state index is 6.67. The van der Waals surface area contributed by atoms with Gasteiger partial charge in [0.25, 0.3) is 0 Å². The summed E-state index contributed by atoms with van der Waals surface area (Å²) in [6.07, 6.45) is 6.41. The lowest BCUT2D eigenvalue weighted by Gasteiger charge is -2.36. The summed E-state index contributed by atoms with van der Waals surface area (Å²) in [6, 6.07) is 51.9. The van der Waals surface area contributed by atoms with Gasteiger partial charge in [-0.25, -0.2) is 9.97 Å². The molecule has 234 valence electrons. The zero-order chi connectivity index (χ0) is 32.4. The van der Waals surface area contributed by atoms with Crippen molar-refractivity contribution >= 4 is 21.9 Å². The minimum atomic E-state index is 0.157. The van der Waals surface area contributed by atoms with Crippen LogP contribution in [0.5, 0.6) is 0 Å². The van der Waals surface area contributed by atoms with Crippen LogP contribution in [0.15, 0.2) is 150 Å². The molecule has 2 aliphatic rings. The first kappa shape index (κ1) is 28.2. The maximum Gasteiger partial charge on any atom is 0.160 e. The molecule has 0 atom stereocenters. The van der Waals surface area contributed by atoms with E-state index in [4.69, 9.17) is 14.4 Å². The number of aromatic nitrogens is 2. The van der Waals surface area contributed by atoms with E-state index in [9.17, 15) is 0 Å². The van der Waals surface area contributed by atoms with E-state index in [0.29, 0.717) is 5.82 Å². The van der Waals surface area contributed by atoms with E-state index in [1.807, 2.05) is 36.4 Å². The molecular formula is C46H34N2O. The summed E-state index contributed by atoms with van der Waals surface area (Å²) in [5, 5.41) is 2.17. The molecule has 0 saturated heterocycles. The number of benzene rings is 6. The molecule has 0 N–H and O–H groups in total. The van der Waals surface area contributed by atoms with E-state index >= 15 is 0 Å². The Balaban J connectivity index is 1.10. The molecule has 0 aliphatic heterocycles. The lowest BCUT2D eigenvalue weighted by molar-refractivity contribution is 0.353. The van der Waals surface area contributed by atoms with E-state index in [0.717, 1.165) is 55.6 Å². The third-order valence-electron chi connectivity index (χ3n) is 10.9. The molecule has 3 nitrogen and oxygen atoms in total. The van der Waals surface area contributed by atoms with Crippen LogP contribution in [0.25, 0.3) is 78.1 Å². The second-order valence-corrected chi connectivity index (χ2v) is 13.6. The van der Waals surface area contributed by atoms with Gasteiger partial charge >= 0.3 is 0 Å². The van der Waals surface area contributed by atoms with Gasteiger partial charge in [-0.2, -0.15) is 0 Å². The highest BCUT2D eigenvalue weighted by molar-refractivity contribution is 6.10. The van der Waals surface area contributed by atoms with Gasteiger partial charge < -0.3 is 4.42 Å². The van der Waals surface area contributed by atoms with Crippen LogP contribution < -0.4 is 0 Å². The molecule has 2 aliphatic carbocycles. The molecule has 49 heavy (non-hydrogen) atoms. The van der Waals surface area contributed by atoms with Crippen LogP contribution in [0.1, 0.15) is 43.2 Å². The Morgan fingerprint density at radius 3 is 1.86 bits per heavy atom. The van der Waals surface area contributed by atoms with Crippen LogP contribution in [-0.2, 0) is 5.41 Å². The Kier molecular flexibility index (Phi) is 6.42. The molecule has 1 fully saturated rings. The smallest absolute Gasteiger partial charge is 0.160 e. The van der Waals surface area contributed by atoms with Gasteiger partial charge in [0, 0.05) is 38.4 Å². The third-order valence-corrected chi connectivity index (χ3v) is 10.9. The molecule has 2 heterocycles. The second-order valence-electron chi connectivity index (χ2n) is 13.6. The topological polar surface area (TPSA) is 38.9 Å². The van der Waals surface area contributed by atoms with Gasteiger partial charge in [-0.1, -0.05) is 135 Å². The highest BCUT2D eigenvalue weighted by Crippen LogP contribution is 2.56. The largest absolute Gasteiger partial charge is 0.455 e. The molecule has 8 aromatic rings. The van der Waals surface area contributed by atoms with Crippen molar-refractivity contribution in [1.82, 2.24) is 9.97 Å². The highest BCUT2D eigenvalue weighted by Gasteiger charge is 2.43. The normalized spacial score (nSPS) is 14.7. The van der Waals surface area contributed by atoms with E-state index in [1.165, 1.54) is 59.9 Å². The van der Waals surface area contributed by atoms with Crippen molar-refractivity contribution in [3.05, 3.63) is 157 Å². The molecule has 0 bridgehead atoms. The summed E-state index contributed by atoms with van der Waals surface area (Å²) in [5.74, 6) is 0.696. The van der Waals surface area contributed by atoms with Crippen LogP contribution in [0.3, 0.4) is 0 Å². The number of hydrogen-bond donors (Lipinski definition) is 0. The molecule has 0 unspecified atom stereocenters. The fraction of sp³-hybridized carbons (Fsp3) is 0.130. The van der Waals surface area contributed by atoms with Crippen molar-refractivity contribution in [1.29, 1.82) is 0 Å². The molecule has 6 aromatic carbocycles. The average Bonchev–Trinajstić information content (AvgIpc) is 3.68. The van der Waals surface area contributed by atoms with E-state index in [2.05, 4.69) is 109 Å². The lowest BCUT2D eigenvalue weighted by Crippen LogP contribution is -2.27. The molecule has 10 rings (SSSR count). The fourth-order valence-corrected chi connectivity index (χ4v) is 8.58. The van der Waals surface area contributed by atoms with Crippen molar-refractivity contribution in [2.24, 2.45) is 0 Å². The number of rotatable bonds is 4. The van der Waals surface area contributed by atoms with Gasteiger partial charge in [0.2, 0.25) is 0 Å². The van der Waals surface area contributed by atoms with Crippen molar-refractivity contribution in [3.8, 4) is 56.2 Å². The Hall–Kier alpha value is -5.80. The summed E-state index contributed by atoms with van der Waals surface area (Å²) in [5.41, 5.74) is 14.9. The average molecular weight is 631 g/mol. The Morgan fingerprint density at radius 2 is 1.10 bits per heavy atom. The predicted molar refractivity (Wildman–Crippen MR) is 200 cm³/mol. The Morgan fingerprint density at radius 1 is 0.449 bits per heavy atom. The predicted octanol–water partition coefficient (Wildman–Crippen LogP) is 12.3. The molecule has 0 amide bonds. The van der Waals surface area contributed by atoms with E-state index in [-0.39, 0.29) is 5.41 Å². The summed E-state index contributed by atoms with van der Waals surface area (Å²) in [6.45, 7) is 0. The van der Waals surface area contributed by atoms with Gasteiger partial charge in [0.1, 0.15) is 11.2 Å². The van der Waals surface area contributed by atoms with Crippen molar-refractivity contribution < 1.29 is 4.42 Å². The fourth-order valence-electron chi connectivity index (χ4n) is 8.58. The Labute approximate surface area is 285 Å². The monoisotopic (exact) mass is 630 g/mol. The Bertz CT molecular complexity index is 2470. The first-order chi connectivity index (χ1) is 24.2. The van der Waals surface area contributed by atoms with Gasteiger partial charge in [-0.05, 0) is 71.0 Å². The SMILES string of the molecule is c1ccc(-c2cc(-c3ccccc3)nc(-c3ccc4oc5c(-c6ccc7c(c6)-c6ccccc6C76CCCCC6)cccc5c4c3)n2)cc1. The van der Waals surface area contributed by atoms with E-state index in [1.54, 1.807) is 0 Å². The van der Waals surface area contributed by atoms with Crippen LogP contribution in [-0.4, -0.2) is 9.97 Å². The minimum Gasteiger partial charge on any atom is -0.455 e. The molecular weight excluding hydrogens is 597 g/mol. The van der Waals surface area contributed by atoms with Crippen LogP contribution in [0.2, 0.25) is 0 Å². The summed E-state index contributed by atoms with van der Waals surface area (Å²) >= 11 is 0. The molecule has 2 aromatic heterocycles. The van der Waals surface area contributed by atoms with Crippen LogP contribution >= 0.6 is 0 Å². The summed E-state index contributed by atoms with van der Waals surface area (Å²) in [4.78, 5) is 10.2. The quantitative estimate of drug-likeness (QED) is 0.194. The minimum absolute atomic E-state index is 0.157. The van der Waals surface area contributed by atoms with E-state index < -0.39 is 0 Å². The third kappa shape index (κ3) is 4.49. The number of hydrogen-bond acceptors (Lipinski definition) is 3. The lowest BCUT2D eigenvalue weighted by atomic mass is 9.68. The zero-order valence-electron chi connectivity index (χ0n) is 27.2. The van der Waals surface area contributed by atoms with Gasteiger partial charge in [-0.3, -0.25) is 0 Å². The van der Waals surface area contributed by atoms with Gasteiger partial charge in [-0.15, -0.1) is 0 Å². The first-order valence-corrected chi connectivity index (χ1v) is 17.5. The van der Waals surface area contributed by atoms with Crippen LogP contribution in [0, 0.1) is 0 Å². The standard InChI is InChI=1S/C46H34N2O/c1-4-13-30(14-5-1)41-29-42(31-15-6-2-7-16-31)48-45(47-41)33-22-24-43-38(28-33)36-19-12-18-34(44(36)49-43)32-21-23-40-37(27-32)35-17-8-9-20-39(35)46(40)25-10-3-11-26-46/h1-2,4-9,12-24,27-29H,3,10-11,25-26H2. The molecule has 1 saturated carbocycles. The van der Waals surface area contributed by atoms with Gasteiger partial charge in [0.05, 0.1) is 11.4 Å². The van der Waals surface area contributed by atoms with Gasteiger partial charge in [0.15, 0.2) is 5.82 Å². The van der Waals surface area contributed by atoms with Crippen molar-refractivity contribution in [2.45, 2.75) is 37.5 Å². The maximum atomic E-state index is 6.67. The number of para-hydroxylation sites is 1. The molecule has 3 heteroatoms. The number of furan rings is 1. The van der Waals surface area contributed by atoms with Crippen molar-refractivity contribution in [3.63, 3.8) is 0 Å². The number of fused-ring (bicyclic) bond motifs is 8. The molecule has 1 spiro atoms.